The smallest absolute Gasteiger partial charge is 0.321 e. The molecule has 3 rings (SSSR count). The number of carbonyl (C=O) groups excluding carboxylic acids is 2. The van der Waals surface area contributed by atoms with Gasteiger partial charge in [0, 0.05) is 25.3 Å². The Hall–Kier alpha value is -2.11. The van der Waals surface area contributed by atoms with Crippen molar-refractivity contribution in [2.24, 2.45) is 5.92 Å². The Balaban J connectivity index is 1.54. The predicted octanol–water partition coefficient (Wildman–Crippen LogP) is 1.60. The Labute approximate surface area is 123 Å². The molecule has 0 bridgehead atoms. The number of nitrogens with one attached hydrogen (secondary N) is 2. The number of rotatable bonds is 3. The minimum atomic E-state index is -0.160. The zero-order valence-electron chi connectivity index (χ0n) is 11.9. The number of hydrogen-bond acceptors (Lipinski definition) is 3. The van der Waals surface area contributed by atoms with Crippen LogP contribution in [0, 0.1) is 5.92 Å². The predicted molar refractivity (Wildman–Crippen MR) is 78.7 cm³/mol. The SMILES string of the molecule is O=C(NC1CC1)[C@@H]1CCCN(C(=O)Nc2cccnc2)C1. The molecule has 1 aliphatic carbocycles. The summed E-state index contributed by atoms with van der Waals surface area (Å²) in [4.78, 5) is 30.0. The summed E-state index contributed by atoms with van der Waals surface area (Å²) >= 11 is 0. The highest BCUT2D eigenvalue weighted by Gasteiger charge is 2.31. The van der Waals surface area contributed by atoms with E-state index in [1.54, 1.807) is 29.4 Å². The van der Waals surface area contributed by atoms with Gasteiger partial charge in [0.25, 0.3) is 0 Å². The fourth-order valence-electron chi connectivity index (χ4n) is 2.56. The van der Waals surface area contributed by atoms with Gasteiger partial charge in [-0.15, -0.1) is 0 Å². The third kappa shape index (κ3) is 3.71. The normalized spacial score (nSPS) is 21.7. The third-order valence-electron chi connectivity index (χ3n) is 3.92. The van der Waals surface area contributed by atoms with Gasteiger partial charge in [-0.2, -0.15) is 0 Å². The van der Waals surface area contributed by atoms with Gasteiger partial charge in [-0.05, 0) is 37.8 Å². The van der Waals surface area contributed by atoms with Crippen LogP contribution in [0.2, 0.25) is 0 Å². The summed E-state index contributed by atoms with van der Waals surface area (Å²) in [5.41, 5.74) is 0.673. The molecule has 0 radical (unpaired) electrons. The summed E-state index contributed by atoms with van der Waals surface area (Å²) in [6.07, 6.45) is 7.17. The molecule has 3 amide bonds. The summed E-state index contributed by atoms with van der Waals surface area (Å²) in [6, 6.07) is 3.79. The summed E-state index contributed by atoms with van der Waals surface area (Å²) in [5.74, 6) is 0.00961. The summed E-state index contributed by atoms with van der Waals surface area (Å²) in [5, 5.41) is 5.84. The Morgan fingerprint density at radius 2 is 2.14 bits per heavy atom. The quantitative estimate of drug-likeness (QED) is 0.887. The molecule has 0 aromatic carbocycles. The van der Waals surface area contributed by atoms with E-state index in [0.717, 1.165) is 25.7 Å². The second-order valence-corrected chi connectivity index (χ2v) is 5.74. The number of anilines is 1. The Kier molecular flexibility index (Phi) is 4.03. The maximum Gasteiger partial charge on any atom is 0.321 e. The zero-order valence-corrected chi connectivity index (χ0v) is 11.9. The van der Waals surface area contributed by atoms with Crippen molar-refractivity contribution in [1.82, 2.24) is 15.2 Å². The molecule has 0 unspecified atom stereocenters. The zero-order chi connectivity index (χ0) is 14.7. The number of likely N-dealkylation sites (tertiary alicyclic amines) is 1. The fraction of sp³-hybridized carbons (Fsp3) is 0.533. The molecule has 1 atom stereocenters. The maximum atomic E-state index is 12.2. The molecule has 2 fully saturated rings. The molecule has 2 N–H and O–H groups in total. The van der Waals surface area contributed by atoms with Crippen LogP contribution in [0.3, 0.4) is 0 Å². The van der Waals surface area contributed by atoms with Gasteiger partial charge in [-0.1, -0.05) is 0 Å². The standard InChI is InChI=1S/C15H20N4O2/c20-14(17-12-5-6-12)11-3-2-8-19(10-11)15(21)18-13-4-1-7-16-9-13/h1,4,7,9,11-12H,2-3,5-6,8,10H2,(H,17,20)(H,18,21)/t11-/m1/s1. The van der Waals surface area contributed by atoms with Crippen molar-refractivity contribution in [2.45, 2.75) is 31.7 Å². The van der Waals surface area contributed by atoms with Gasteiger partial charge in [0.05, 0.1) is 17.8 Å². The lowest BCUT2D eigenvalue weighted by atomic mass is 9.97. The third-order valence-corrected chi connectivity index (χ3v) is 3.92. The first kappa shape index (κ1) is 13.9. The first-order valence-electron chi connectivity index (χ1n) is 7.49. The van der Waals surface area contributed by atoms with Crippen LogP contribution in [0.25, 0.3) is 0 Å². The Bertz CT molecular complexity index is 516. The molecule has 21 heavy (non-hydrogen) atoms. The van der Waals surface area contributed by atoms with Gasteiger partial charge >= 0.3 is 6.03 Å². The topological polar surface area (TPSA) is 74.3 Å². The van der Waals surface area contributed by atoms with Crippen LogP contribution in [-0.2, 0) is 4.79 Å². The number of hydrogen-bond donors (Lipinski definition) is 2. The molecule has 1 saturated carbocycles. The summed E-state index contributed by atoms with van der Waals surface area (Å²) < 4.78 is 0. The number of carbonyl (C=O) groups is 2. The Morgan fingerprint density at radius 3 is 2.86 bits per heavy atom. The van der Waals surface area contributed by atoms with Crippen molar-refractivity contribution >= 4 is 17.6 Å². The molecular formula is C15H20N4O2. The van der Waals surface area contributed by atoms with Crippen molar-refractivity contribution in [1.29, 1.82) is 0 Å². The van der Waals surface area contributed by atoms with E-state index in [-0.39, 0.29) is 17.9 Å². The van der Waals surface area contributed by atoms with Crippen molar-refractivity contribution in [3.8, 4) is 0 Å². The van der Waals surface area contributed by atoms with E-state index >= 15 is 0 Å². The minimum absolute atomic E-state index is 0.0843. The monoisotopic (exact) mass is 288 g/mol. The number of piperidine rings is 1. The second-order valence-electron chi connectivity index (χ2n) is 5.74. The first-order chi connectivity index (χ1) is 10.2. The van der Waals surface area contributed by atoms with Crippen LogP contribution in [-0.4, -0.2) is 41.0 Å². The molecule has 2 heterocycles. The van der Waals surface area contributed by atoms with E-state index in [2.05, 4.69) is 15.6 Å². The van der Waals surface area contributed by atoms with E-state index in [1.807, 2.05) is 0 Å². The Morgan fingerprint density at radius 1 is 1.29 bits per heavy atom. The van der Waals surface area contributed by atoms with Crippen LogP contribution in [0.1, 0.15) is 25.7 Å². The van der Waals surface area contributed by atoms with Crippen LogP contribution in [0.5, 0.6) is 0 Å². The second kappa shape index (κ2) is 6.11. The lowest BCUT2D eigenvalue weighted by Crippen LogP contribution is -2.47. The van der Waals surface area contributed by atoms with E-state index in [9.17, 15) is 9.59 Å². The number of nitrogens with zero attached hydrogens (tertiary/aromatic N) is 2. The van der Waals surface area contributed by atoms with Gasteiger partial charge in [0.2, 0.25) is 5.91 Å². The van der Waals surface area contributed by atoms with Crippen molar-refractivity contribution < 1.29 is 9.59 Å². The lowest BCUT2D eigenvalue weighted by Gasteiger charge is -2.32. The fourth-order valence-corrected chi connectivity index (χ4v) is 2.56. The maximum absolute atomic E-state index is 12.2. The number of urea groups is 1. The molecule has 112 valence electrons. The molecule has 1 aromatic rings. The molecule has 1 saturated heterocycles. The minimum Gasteiger partial charge on any atom is -0.353 e. The van der Waals surface area contributed by atoms with E-state index in [1.165, 1.54) is 0 Å². The molecular weight excluding hydrogens is 268 g/mol. The largest absolute Gasteiger partial charge is 0.353 e. The molecule has 6 nitrogen and oxygen atoms in total. The van der Waals surface area contributed by atoms with Crippen LogP contribution in [0.4, 0.5) is 10.5 Å². The van der Waals surface area contributed by atoms with Gasteiger partial charge in [-0.25, -0.2) is 4.79 Å². The molecule has 0 spiro atoms. The highest BCUT2D eigenvalue weighted by atomic mass is 16.2. The highest BCUT2D eigenvalue weighted by molar-refractivity contribution is 5.90. The average molecular weight is 288 g/mol. The van der Waals surface area contributed by atoms with E-state index in [4.69, 9.17) is 0 Å². The van der Waals surface area contributed by atoms with E-state index in [0.29, 0.717) is 24.8 Å². The average Bonchev–Trinajstić information content (AvgIpc) is 3.32. The lowest BCUT2D eigenvalue weighted by molar-refractivity contribution is -0.126. The molecule has 1 aliphatic heterocycles. The molecule has 6 heteroatoms. The summed E-state index contributed by atoms with van der Waals surface area (Å²) in [7, 11) is 0. The highest BCUT2D eigenvalue weighted by Crippen LogP contribution is 2.22. The van der Waals surface area contributed by atoms with Gasteiger partial charge in [0.15, 0.2) is 0 Å². The van der Waals surface area contributed by atoms with Crippen LogP contribution in [0.15, 0.2) is 24.5 Å². The van der Waals surface area contributed by atoms with Crippen molar-refractivity contribution in [2.75, 3.05) is 18.4 Å². The van der Waals surface area contributed by atoms with E-state index < -0.39 is 0 Å². The number of aromatic nitrogens is 1. The number of amides is 3. The van der Waals surface area contributed by atoms with Crippen molar-refractivity contribution in [3.63, 3.8) is 0 Å². The van der Waals surface area contributed by atoms with Gasteiger partial charge in [-0.3, -0.25) is 9.78 Å². The van der Waals surface area contributed by atoms with Crippen molar-refractivity contribution in [3.05, 3.63) is 24.5 Å². The molecule has 1 aromatic heterocycles. The van der Waals surface area contributed by atoms with Crippen LogP contribution < -0.4 is 10.6 Å². The summed E-state index contributed by atoms with van der Waals surface area (Å²) in [6.45, 7) is 1.18. The van der Waals surface area contributed by atoms with Gasteiger partial charge < -0.3 is 15.5 Å². The molecule has 2 aliphatic rings. The van der Waals surface area contributed by atoms with Gasteiger partial charge in [0.1, 0.15) is 0 Å². The first-order valence-corrected chi connectivity index (χ1v) is 7.49. The number of pyridine rings is 1. The van der Waals surface area contributed by atoms with Crippen LogP contribution >= 0.6 is 0 Å².